The smallest absolute Gasteiger partial charge is 0.178 e. The second-order valence-electron chi connectivity index (χ2n) is 8.86. The molecule has 3 saturated carbocycles. The van der Waals surface area contributed by atoms with E-state index < -0.39 is 0 Å². The molecular weight excluding hydrogens is 284 g/mol. The van der Waals surface area contributed by atoms with Crippen LogP contribution in [-0.2, 0) is 9.59 Å². The Morgan fingerprint density at radius 3 is 2.61 bits per heavy atom. The highest BCUT2D eigenvalue weighted by Gasteiger charge is 2.54. The zero-order valence-corrected chi connectivity index (χ0v) is 14.7. The lowest BCUT2D eigenvalue weighted by molar-refractivity contribution is -0.126. The summed E-state index contributed by atoms with van der Waals surface area (Å²) in [6, 6.07) is 0. The Labute approximate surface area is 139 Å². The van der Waals surface area contributed by atoms with Crippen LogP contribution in [0.5, 0.6) is 0 Å². The molecule has 2 nitrogen and oxygen atoms in total. The van der Waals surface area contributed by atoms with Crippen LogP contribution in [0.2, 0.25) is 0 Å². The van der Waals surface area contributed by atoms with Crippen molar-refractivity contribution in [3.05, 3.63) is 23.3 Å². The summed E-state index contributed by atoms with van der Waals surface area (Å²) in [5.74, 6) is 2.58. The SMILES string of the molecule is CC1=CC(=O)C=C2CCC3CC4CCC(=O)C4(C)CCC3C12C. The fourth-order valence-electron chi connectivity index (χ4n) is 6.34. The lowest BCUT2D eigenvalue weighted by atomic mass is 9.54. The maximum absolute atomic E-state index is 12.5. The van der Waals surface area contributed by atoms with Gasteiger partial charge < -0.3 is 0 Å². The van der Waals surface area contributed by atoms with Crippen LogP contribution >= 0.6 is 0 Å². The Kier molecular flexibility index (Phi) is 3.28. The Morgan fingerprint density at radius 1 is 1.04 bits per heavy atom. The summed E-state index contributed by atoms with van der Waals surface area (Å²) in [7, 11) is 0. The monoisotopic (exact) mass is 312 g/mol. The van der Waals surface area contributed by atoms with Crippen LogP contribution in [0.4, 0.5) is 0 Å². The van der Waals surface area contributed by atoms with Crippen LogP contribution < -0.4 is 0 Å². The van der Waals surface area contributed by atoms with Gasteiger partial charge in [0.1, 0.15) is 5.78 Å². The molecule has 4 rings (SSSR count). The van der Waals surface area contributed by atoms with Crippen LogP contribution in [0.15, 0.2) is 23.3 Å². The molecule has 5 unspecified atom stereocenters. The van der Waals surface area contributed by atoms with Gasteiger partial charge in [0, 0.05) is 17.3 Å². The van der Waals surface area contributed by atoms with E-state index >= 15 is 0 Å². The van der Waals surface area contributed by atoms with Gasteiger partial charge in [0.2, 0.25) is 0 Å². The number of hydrogen-bond acceptors (Lipinski definition) is 2. The summed E-state index contributed by atoms with van der Waals surface area (Å²) in [5.41, 5.74) is 2.58. The minimum absolute atomic E-state index is 0.0505. The van der Waals surface area contributed by atoms with Crippen molar-refractivity contribution >= 4 is 11.6 Å². The maximum atomic E-state index is 12.5. The van der Waals surface area contributed by atoms with Gasteiger partial charge in [-0.05, 0) is 75.4 Å². The Balaban J connectivity index is 1.72. The highest BCUT2D eigenvalue weighted by atomic mass is 16.1. The highest BCUT2D eigenvalue weighted by molar-refractivity contribution is 6.02. The van der Waals surface area contributed by atoms with Gasteiger partial charge >= 0.3 is 0 Å². The van der Waals surface area contributed by atoms with Gasteiger partial charge in [0.05, 0.1) is 0 Å². The number of Topliss-reactive ketones (excluding diaryl/α,β-unsaturated/α-hetero) is 1. The number of allylic oxidation sites excluding steroid dienone is 4. The molecule has 0 aromatic rings. The largest absolute Gasteiger partial charge is 0.299 e. The number of hydrogen-bond donors (Lipinski definition) is 0. The van der Waals surface area contributed by atoms with Gasteiger partial charge in [-0.2, -0.15) is 0 Å². The summed E-state index contributed by atoms with van der Waals surface area (Å²) < 4.78 is 0. The maximum Gasteiger partial charge on any atom is 0.178 e. The number of carbonyl (C=O) groups excluding carboxylic acids is 2. The van der Waals surface area contributed by atoms with E-state index in [4.69, 9.17) is 0 Å². The molecule has 0 aromatic carbocycles. The van der Waals surface area contributed by atoms with E-state index in [1.807, 2.05) is 12.2 Å². The van der Waals surface area contributed by atoms with E-state index in [-0.39, 0.29) is 16.6 Å². The highest BCUT2D eigenvalue weighted by Crippen LogP contribution is 2.61. The fourth-order valence-corrected chi connectivity index (χ4v) is 6.34. The average Bonchev–Trinajstić information content (AvgIpc) is 2.68. The topological polar surface area (TPSA) is 34.1 Å². The fraction of sp³-hybridized carbons (Fsp3) is 0.714. The van der Waals surface area contributed by atoms with Crippen LogP contribution in [0, 0.1) is 28.6 Å². The lowest BCUT2D eigenvalue weighted by Crippen LogP contribution is -2.41. The molecule has 0 saturated heterocycles. The van der Waals surface area contributed by atoms with E-state index in [1.54, 1.807) is 0 Å². The zero-order valence-electron chi connectivity index (χ0n) is 14.7. The molecular formula is C21H28O2. The van der Waals surface area contributed by atoms with Gasteiger partial charge in [-0.1, -0.05) is 25.0 Å². The third kappa shape index (κ3) is 1.99. The van der Waals surface area contributed by atoms with E-state index in [0.29, 0.717) is 23.5 Å². The molecule has 0 amide bonds. The number of fused-ring (bicyclic) bond motifs is 4. The van der Waals surface area contributed by atoms with Crippen LogP contribution in [-0.4, -0.2) is 11.6 Å². The molecule has 23 heavy (non-hydrogen) atoms. The minimum atomic E-state index is -0.0698. The first kappa shape index (κ1) is 15.4. The van der Waals surface area contributed by atoms with E-state index in [9.17, 15) is 9.59 Å². The first-order chi connectivity index (χ1) is 10.9. The van der Waals surface area contributed by atoms with E-state index in [2.05, 4.69) is 20.8 Å². The lowest BCUT2D eigenvalue weighted by Gasteiger charge is -2.50. The van der Waals surface area contributed by atoms with Gasteiger partial charge in [-0.3, -0.25) is 9.59 Å². The molecule has 0 radical (unpaired) electrons. The van der Waals surface area contributed by atoms with Crippen molar-refractivity contribution in [2.24, 2.45) is 28.6 Å². The molecule has 0 aromatic heterocycles. The van der Waals surface area contributed by atoms with Crippen molar-refractivity contribution in [3.63, 3.8) is 0 Å². The molecule has 2 heteroatoms. The summed E-state index contributed by atoms with van der Waals surface area (Å²) in [5, 5.41) is 0. The van der Waals surface area contributed by atoms with E-state index in [1.165, 1.54) is 24.0 Å². The van der Waals surface area contributed by atoms with Crippen LogP contribution in [0.3, 0.4) is 0 Å². The normalized spacial score (nSPS) is 46.3. The summed E-state index contributed by atoms with van der Waals surface area (Å²) in [4.78, 5) is 24.4. The molecule has 4 aliphatic carbocycles. The number of carbonyl (C=O) groups is 2. The number of ketones is 2. The molecule has 0 bridgehead atoms. The third-order valence-corrected chi connectivity index (χ3v) is 8.08. The quantitative estimate of drug-likeness (QED) is 0.653. The van der Waals surface area contributed by atoms with Crippen molar-refractivity contribution < 1.29 is 9.59 Å². The minimum Gasteiger partial charge on any atom is -0.299 e. The van der Waals surface area contributed by atoms with Crippen molar-refractivity contribution in [3.8, 4) is 0 Å². The predicted molar refractivity (Wildman–Crippen MR) is 90.9 cm³/mol. The van der Waals surface area contributed by atoms with Gasteiger partial charge in [-0.25, -0.2) is 0 Å². The predicted octanol–water partition coefficient (Wildman–Crippen LogP) is 4.64. The van der Waals surface area contributed by atoms with Crippen molar-refractivity contribution in [1.29, 1.82) is 0 Å². The molecule has 0 heterocycles. The third-order valence-electron chi connectivity index (χ3n) is 8.08. The molecule has 0 aliphatic heterocycles. The van der Waals surface area contributed by atoms with Crippen LogP contribution in [0.25, 0.3) is 0 Å². The molecule has 124 valence electrons. The van der Waals surface area contributed by atoms with E-state index in [0.717, 1.165) is 32.1 Å². The van der Waals surface area contributed by atoms with Crippen molar-refractivity contribution in [2.75, 3.05) is 0 Å². The zero-order chi connectivity index (χ0) is 16.4. The Morgan fingerprint density at radius 2 is 1.83 bits per heavy atom. The Hall–Kier alpha value is -1.18. The molecule has 5 atom stereocenters. The molecule has 0 spiro atoms. The second-order valence-corrected chi connectivity index (χ2v) is 8.86. The summed E-state index contributed by atoms with van der Waals surface area (Å²) >= 11 is 0. The molecule has 0 N–H and O–H groups in total. The van der Waals surface area contributed by atoms with Crippen molar-refractivity contribution in [1.82, 2.24) is 0 Å². The first-order valence-corrected chi connectivity index (χ1v) is 9.33. The molecule has 4 aliphatic rings. The second kappa shape index (κ2) is 4.91. The van der Waals surface area contributed by atoms with Crippen LogP contribution in [0.1, 0.15) is 65.7 Å². The first-order valence-electron chi connectivity index (χ1n) is 9.33. The Bertz CT molecular complexity index is 640. The molecule has 3 fully saturated rings. The van der Waals surface area contributed by atoms with Gasteiger partial charge in [0.15, 0.2) is 5.78 Å². The van der Waals surface area contributed by atoms with Gasteiger partial charge in [0.25, 0.3) is 0 Å². The standard InChI is InChI=1S/C21H28O2/c1-13-10-17(22)12-16-5-4-14-11-15-6-7-19(23)20(15,2)9-8-18(14)21(13,16)3/h10,12,14-15,18H,4-9,11H2,1-3H3. The average molecular weight is 312 g/mol. The van der Waals surface area contributed by atoms with Gasteiger partial charge in [-0.15, -0.1) is 0 Å². The summed E-state index contributed by atoms with van der Waals surface area (Å²) in [6.07, 6.45) is 11.3. The van der Waals surface area contributed by atoms with Crippen molar-refractivity contribution in [2.45, 2.75) is 65.7 Å². The summed E-state index contributed by atoms with van der Waals surface area (Å²) in [6.45, 7) is 6.74. The number of rotatable bonds is 0.